The number of hydrogen-bond donors (Lipinski definition) is 1. The Balaban J connectivity index is 1.82. The Labute approximate surface area is 126 Å². The van der Waals surface area contributed by atoms with Crippen molar-refractivity contribution in [1.29, 1.82) is 0 Å². The maximum Gasteiger partial charge on any atom is 0.124 e. The molecule has 0 spiro atoms. The molecule has 1 aliphatic heterocycles. The highest BCUT2D eigenvalue weighted by Gasteiger charge is 2.18. The number of rotatable bonds is 5. The van der Waals surface area contributed by atoms with E-state index in [1.165, 1.54) is 31.4 Å². The molecule has 1 fully saturated rings. The molecule has 4 heteroatoms. The summed E-state index contributed by atoms with van der Waals surface area (Å²) in [5.41, 5.74) is 2.25. The fourth-order valence-corrected chi connectivity index (χ4v) is 3.14. The van der Waals surface area contributed by atoms with Gasteiger partial charge in [-0.05, 0) is 50.4 Å². The molecule has 1 aromatic carbocycles. The predicted molar refractivity (Wildman–Crippen MR) is 85.1 cm³/mol. The van der Waals surface area contributed by atoms with Crippen molar-refractivity contribution in [3.05, 3.63) is 30.1 Å². The van der Waals surface area contributed by atoms with Crippen LogP contribution in [0, 0.1) is 5.92 Å². The molecular formula is C17H25N3O. The summed E-state index contributed by atoms with van der Waals surface area (Å²) in [6.07, 6.45) is 3.36. The summed E-state index contributed by atoms with van der Waals surface area (Å²) in [7, 11) is 0. The van der Waals surface area contributed by atoms with Gasteiger partial charge in [-0.1, -0.05) is 19.1 Å². The number of nitrogens with zero attached hydrogens (tertiary/aromatic N) is 3. The van der Waals surface area contributed by atoms with Crippen LogP contribution in [0.5, 0.6) is 0 Å². The number of piperidine rings is 1. The molecule has 114 valence electrons. The summed E-state index contributed by atoms with van der Waals surface area (Å²) < 4.78 is 2.28. The molecule has 21 heavy (non-hydrogen) atoms. The normalized spacial score (nSPS) is 17.6. The lowest BCUT2D eigenvalue weighted by Crippen LogP contribution is -2.33. The topological polar surface area (TPSA) is 41.3 Å². The lowest BCUT2D eigenvalue weighted by molar-refractivity contribution is 0.179. The minimum atomic E-state index is 0.229. The molecule has 1 saturated heterocycles. The Bertz CT molecular complexity index is 585. The summed E-state index contributed by atoms with van der Waals surface area (Å²) in [6, 6.07) is 8.30. The Hall–Kier alpha value is -1.39. The highest BCUT2D eigenvalue weighted by Crippen LogP contribution is 2.21. The van der Waals surface area contributed by atoms with E-state index in [0.717, 1.165) is 36.8 Å². The Morgan fingerprint density at radius 3 is 2.76 bits per heavy atom. The molecule has 3 rings (SSSR count). The summed E-state index contributed by atoms with van der Waals surface area (Å²) in [5.74, 6) is 1.99. The summed E-state index contributed by atoms with van der Waals surface area (Å²) >= 11 is 0. The highest BCUT2D eigenvalue weighted by molar-refractivity contribution is 5.75. The average molecular weight is 287 g/mol. The van der Waals surface area contributed by atoms with E-state index in [1.807, 2.05) is 6.07 Å². The number of fused-ring (bicyclic) bond motifs is 1. The molecule has 0 amide bonds. The third-order valence-corrected chi connectivity index (χ3v) is 4.51. The van der Waals surface area contributed by atoms with Crippen molar-refractivity contribution in [1.82, 2.24) is 14.5 Å². The number of imidazole rings is 1. The highest BCUT2D eigenvalue weighted by atomic mass is 16.3. The van der Waals surface area contributed by atoms with Crippen LogP contribution in [-0.2, 0) is 13.1 Å². The van der Waals surface area contributed by atoms with Crippen molar-refractivity contribution in [3.63, 3.8) is 0 Å². The van der Waals surface area contributed by atoms with E-state index in [0.29, 0.717) is 0 Å². The Kier molecular flexibility index (Phi) is 4.56. The van der Waals surface area contributed by atoms with Gasteiger partial charge in [0.1, 0.15) is 5.82 Å². The predicted octanol–water partition coefficient (Wildman–Crippen LogP) is 2.65. The van der Waals surface area contributed by atoms with Crippen LogP contribution in [0.15, 0.2) is 24.3 Å². The molecule has 1 aliphatic rings. The van der Waals surface area contributed by atoms with Gasteiger partial charge in [0.2, 0.25) is 0 Å². The molecule has 0 saturated carbocycles. The van der Waals surface area contributed by atoms with Gasteiger partial charge in [-0.25, -0.2) is 4.98 Å². The monoisotopic (exact) mass is 287 g/mol. The molecule has 4 nitrogen and oxygen atoms in total. The molecule has 2 heterocycles. The first kappa shape index (κ1) is 14.5. The first-order chi connectivity index (χ1) is 10.3. The van der Waals surface area contributed by atoms with E-state index >= 15 is 0 Å². The minimum absolute atomic E-state index is 0.229. The van der Waals surface area contributed by atoms with Crippen LogP contribution in [0.25, 0.3) is 11.0 Å². The number of aryl methyl sites for hydroxylation is 1. The van der Waals surface area contributed by atoms with E-state index in [4.69, 9.17) is 10.1 Å². The maximum atomic E-state index is 9.13. The van der Waals surface area contributed by atoms with Gasteiger partial charge in [-0.3, -0.25) is 4.90 Å². The molecule has 1 aromatic heterocycles. The van der Waals surface area contributed by atoms with Gasteiger partial charge >= 0.3 is 0 Å². The van der Waals surface area contributed by atoms with Crippen molar-refractivity contribution >= 4 is 11.0 Å². The number of benzene rings is 1. The van der Waals surface area contributed by atoms with Crippen molar-refractivity contribution < 1.29 is 5.11 Å². The van der Waals surface area contributed by atoms with E-state index in [-0.39, 0.29) is 6.61 Å². The molecule has 0 bridgehead atoms. The van der Waals surface area contributed by atoms with Crippen molar-refractivity contribution in [3.8, 4) is 0 Å². The third-order valence-electron chi connectivity index (χ3n) is 4.51. The molecule has 1 N–H and O–H groups in total. The van der Waals surface area contributed by atoms with Crippen LogP contribution >= 0.6 is 0 Å². The molecule has 2 aromatic rings. The number of hydrogen-bond acceptors (Lipinski definition) is 3. The van der Waals surface area contributed by atoms with Crippen LogP contribution in [0.3, 0.4) is 0 Å². The molecule has 0 atom stereocenters. The zero-order chi connectivity index (χ0) is 14.7. The van der Waals surface area contributed by atoms with Gasteiger partial charge in [0.05, 0.1) is 17.6 Å². The second-order valence-electron chi connectivity index (χ2n) is 6.20. The van der Waals surface area contributed by atoms with E-state index in [2.05, 4.69) is 34.6 Å². The number of aliphatic hydroxyl groups excluding tert-OH is 1. The summed E-state index contributed by atoms with van der Waals surface area (Å²) in [6.45, 7) is 6.68. The fraction of sp³-hybridized carbons (Fsp3) is 0.588. The Morgan fingerprint density at radius 1 is 1.24 bits per heavy atom. The smallest absolute Gasteiger partial charge is 0.124 e. The fourth-order valence-electron chi connectivity index (χ4n) is 3.14. The van der Waals surface area contributed by atoms with Gasteiger partial charge < -0.3 is 9.67 Å². The van der Waals surface area contributed by atoms with Crippen LogP contribution < -0.4 is 0 Å². The van der Waals surface area contributed by atoms with Crippen LogP contribution in [0.1, 0.15) is 32.0 Å². The molecule has 0 aliphatic carbocycles. The summed E-state index contributed by atoms with van der Waals surface area (Å²) in [4.78, 5) is 7.33. The average Bonchev–Trinajstić information content (AvgIpc) is 2.85. The van der Waals surface area contributed by atoms with Gasteiger partial charge in [0, 0.05) is 13.2 Å². The lowest BCUT2D eigenvalue weighted by atomic mass is 9.99. The van der Waals surface area contributed by atoms with Crippen molar-refractivity contribution in [2.45, 2.75) is 39.3 Å². The zero-order valence-electron chi connectivity index (χ0n) is 12.8. The van der Waals surface area contributed by atoms with Gasteiger partial charge in [0.25, 0.3) is 0 Å². The summed E-state index contributed by atoms with van der Waals surface area (Å²) in [5, 5.41) is 9.13. The van der Waals surface area contributed by atoms with Crippen molar-refractivity contribution in [2.75, 3.05) is 19.7 Å². The first-order valence-electron chi connectivity index (χ1n) is 8.05. The SMILES string of the molecule is CC1CCN(Cc2nc3ccccc3n2CCCO)CC1. The number of likely N-dealkylation sites (tertiary alicyclic amines) is 1. The Morgan fingerprint density at radius 2 is 2.00 bits per heavy atom. The second kappa shape index (κ2) is 6.58. The van der Waals surface area contributed by atoms with Crippen LogP contribution in [0.4, 0.5) is 0 Å². The zero-order valence-corrected chi connectivity index (χ0v) is 12.8. The maximum absolute atomic E-state index is 9.13. The van der Waals surface area contributed by atoms with E-state index < -0.39 is 0 Å². The largest absolute Gasteiger partial charge is 0.396 e. The quantitative estimate of drug-likeness (QED) is 0.919. The third kappa shape index (κ3) is 3.27. The second-order valence-corrected chi connectivity index (χ2v) is 6.20. The van der Waals surface area contributed by atoms with Crippen molar-refractivity contribution in [2.24, 2.45) is 5.92 Å². The van der Waals surface area contributed by atoms with Crippen LogP contribution in [0.2, 0.25) is 0 Å². The lowest BCUT2D eigenvalue weighted by Gasteiger charge is -2.29. The standard InChI is InChI=1S/C17H25N3O/c1-14-7-10-19(11-8-14)13-17-18-15-5-2-3-6-16(15)20(17)9-4-12-21/h2-3,5-6,14,21H,4,7-13H2,1H3. The van der Waals surface area contributed by atoms with Crippen LogP contribution in [-0.4, -0.2) is 39.3 Å². The van der Waals surface area contributed by atoms with Gasteiger partial charge in [0.15, 0.2) is 0 Å². The molecule has 0 radical (unpaired) electrons. The minimum Gasteiger partial charge on any atom is -0.396 e. The van der Waals surface area contributed by atoms with Gasteiger partial charge in [-0.15, -0.1) is 0 Å². The molecule has 0 unspecified atom stereocenters. The molecular weight excluding hydrogens is 262 g/mol. The van der Waals surface area contributed by atoms with Gasteiger partial charge in [-0.2, -0.15) is 0 Å². The number of aromatic nitrogens is 2. The van der Waals surface area contributed by atoms with E-state index in [9.17, 15) is 0 Å². The number of aliphatic hydroxyl groups is 1. The first-order valence-corrected chi connectivity index (χ1v) is 8.05. The number of para-hydroxylation sites is 2. The van der Waals surface area contributed by atoms with E-state index in [1.54, 1.807) is 0 Å².